The SMILES string of the molecule is Nc1ccc(CCC(=O)Cc2ccccn2)cc1. The molecule has 0 saturated heterocycles. The average molecular weight is 240 g/mol. The summed E-state index contributed by atoms with van der Waals surface area (Å²) in [5.74, 6) is 0.213. The summed E-state index contributed by atoms with van der Waals surface area (Å²) in [4.78, 5) is 15.9. The number of carbonyl (C=O) groups is 1. The third-order valence-corrected chi connectivity index (χ3v) is 2.78. The Morgan fingerprint density at radius 1 is 1.11 bits per heavy atom. The van der Waals surface area contributed by atoms with Crippen LogP contribution in [0.1, 0.15) is 17.7 Å². The highest BCUT2D eigenvalue weighted by Crippen LogP contribution is 2.08. The molecule has 2 rings (SSSR count). The van der Waals surface area contributed by atoms with E-state index in [4.69, 9.17) is 5.73 Å². The summed E-state index contributed by atoms with van der Waals surface area (Å²) < 4.78 is 0. The van der Waals surface area contributed by atoms with Gasteiger partial charge in [0.05, 0.1) is 0 Å². The van der Waals surface area contributed by atoms with E-state index in [0.29, 0.717) is 12.8 Å². The third kappa shape index (κ3) is 3.70. The smallest absolute Gasteiger partial charge is 0.139 e. The van der Waals surface area contributed by atoms with Gasteiger partial charge in [-0.05, 0) is 36.2 Å². The zero-order valence-corrected chi connectivity index (χ0v) is 10.2. The van der Waals surface area contributed by atoms with E-state index >= 15 is 0 Å². The van der Waals surface area contributed by atoms with Gasteiger partial charge in [-0.25, -0.2) is 0 Å². The van der Waals surface area contributed by atoms with Crippen LogP contribution in [0, 0.1) is 0 Å². The first-order chi connectivity index (χ1) is 8.74. The van der Waals surface area contributed by atoms with Crippen LogP contribution in [0.3, 0.4) is 0 Å². The molecule has 0 aliphatic heterocycles. The molecule has 3 nitrogen and oxygen atoms in total. The molecule has 0 saturated carbocycles. The number of hydrogen-bond acceptors (Lipinski definition) is 3. The van der Waals surface area contributed by atoms with Crippen molar-refractivity contribution < 1.29 is 4.79 Å². The molecule has 0 unspecified atom stereocenters. The highest BCUT2D eigenvalue weighted by molar-refractivity contribution is 5.80. The third-order valence-electron chi connectivity index (χ3n) is 2.78. The fraction of sp³-hybridized carbons (Fsp3) is 0.200. The van der Waals surface area contributed by atoms with Gasteiger partial charge in [0, 0.05) is 30.4 Å². The van der Waals surface area contributed by atoms with Crippen LogP contribution in [-0.4, -0.2) is 10.8 Å². The number of nitrogen functional groups attached to an aromatic ring is 1. The quantitative estimate of drug-likeness (QED) is 0.816. The Kier molecular flexibility index (Phi) is 4.07. The molecule has 0 amide bonds. The number of aryl methyl sites for hydroxylation is 1. The number of benzene rings is 1. The van der Waals surface area contributed by atoms with E-state index in [1.165, 1.54) is 0 Å². The number of rotatable bonds is 5. The number of carbonyl (C=O) groups excluding carboxylic acids is 1. The lowest BCUT2D eigenvalue weighted by Gasteiger charge is -2.02. The van der Waals surface area contributed by atoms with Crippen LogP contribution in [0.15, 0.2) is 48.7 Å². The monoisotopic (exact) mass is 240 g/mol. The van der Waals surface area contributed by atoms with Gasteiger partial charge < -0.3 is 5.73 Å². The van der Waals surface area contributed by atoms with Crippen LogP contribution in [0.2, 0.25) is 0 Å². The van der Waals surface area contributed by atoms with Gasteiger partial charge in [0.15, 0.2) is 0 Å². The maximum Gasteiger partial charge on any atom is 0.139 e. The Labute approximate surface area is 107 Å². The molecule has 18 heavy (non-hydrogen) atoms. The predicted octanol–water partition coefficient (Wildman–Crippen LogP) is 2.41. The number of anilines is 1. The first kappa shape index (κ1) is 12.3. The van der Waals surface area contributed by atoms with Crippen molar-refractivity contribution in [3.05, 3.63) is 59.9 Å². The molecule has 1 aromatic carbocycles. The van der Waals surface area contributed by atoms with Crippen molar-refractivity contribution in [2.75, 3.05) is 5.73 Å². The van der Waals surface area contributed by atoms with Gasteiger partial charge in [0.1, 0.15) is 5.78 Å². The summed E-state index contributed by atoms with van der Waals surface area (Å²) in [5, 5.41) is 0. The van der Waals surface area contributed by atoms with Crippen molar-refractivity contribution in [1.29, 1.82) is 0 Å². The molecule has 2 N–H and O–H groups in total. The Morgan fingerprint density at radius 3 is 2.56 bits per heavy atom. The van der Waals surface area contributed by atoms with E-state index in [0.717, 1.165) is 23.4 Å². The molecule has 1 aromatic heterocycles. The lowest BCUT2D eigenvalue weighted by Crippen LogP contribution is -2.05. The van der Waals surface area contributed by atoms with Gasteiger partial charge in [0.2, 0.25) is 0 Å². The fourth-order valence-corrected chi connectivity index (χ4v) is 1.76. The summed E-state index contributed by atoms with van der Waals surface area (Å²) in [7, 11) is 0. The topological polar surface area (TPSA) is 56.0 Å². The molecule has 0 fully saturated rings. The molecule has 0 spiro atoms. The number of pyridine rings is 1. The number of nitrogens with two attached hydrogens (primary N) is 1. The van der Waals surface area contributed by atoms with Crippen LogP contribution in [0.4, 0.5) is 5.69 Å². The van der Waals surface area contributed by atoms with E-state index in [2.05, 4.69) is 4.98 Å². The summed E-state index contributed by atoms with van der Waals surface area (Å²) in [6.45, 7) is 0. The molecule has 1 heterocycles. The van der Waals surface area contributed by atoms with Gasteiger partial charge in [0.25, 0.3) is 0 Å². The Balaban J connectivity index is 1.83. The molecular formula is C15H16N2O. The number of aromatic nitrogens is 1. The molecule has 0 aliphatic carbocycles. The van der Waals surface area contributed by atoms with Gasteiger partial charge in [-0.15, -0.1) is 0 Å². The first-order valence-corrected chi connectivity index (χ1v) is 6.00. The van der Waals surface area contributed by atoms with E-state index in [1.54, 1.807) is 6.20 Å². The zero-order valence-electron chi connectivity index (χ0n) is 10.2. The highest BCUT2D eigenvalue weighted by Gasteiger charge is 2.05. The van der Waals surface area contributed by atoms with Crippen LogP contribution < -0.4 is 5.73 Å². The van der Waals surface area contributed by atoms with E-state index in [-0.39, 0.29) is 5.78 Å². The van der Waals surface area contributed by atoms with Crippen molar-refractivity contribution in [2.24, 2.45) is 0 Å². The predicted molar refractivity (Wildman–Crippen MR) is 72.1 cm³/mol. The first-order valence-electron chi connectivity index (χ1n) is 6.00. The van der Waals surface area contributed by atoms with Crippen LogP contribution in [0.5, 0.6) is 0 Å². The fourth-order valence-electron chi connectivity index (χ4n) is 1.76. The standard InChI is InChI=1S/C15H16N2O/c16-13-7-4-12(5-8-13)6-9-15(18)11-14-3-1-2-10-17-14/h1-5,7-8,10H,6,9,11,16H2. The maximum absolute atomic E-state index is 11.8. The summed E-state index contributed by atoms with van der Waals surface area (Å²) >= 11 is 0. The van der Waals surface area contributed by atoms with Gasteiger partial charge in [-0.1, -0.05) is 18.2 Å². The molecule has 3 heteroatoms. The highest BCUT2D eigenvalue weighted by atomic mass is 16.1. The van der Waals surface area contributed by atoms with Crippen molar-refractivity contribution >= 4 is 11.5 Å². The Bertz CT molecular complexity index is 506. The molecule has 92 valence electrons. The van der Waals surface area contributed by atoms with Crippen molar-refractivity contribution in [1.82, 2.24) is 4.98 Å². The number of Topliss-reactive ketones (excluding diaryl/α,β-unsaturated/α-hetero) is 1. The molecular weight excluding hydrogens is 224 g/mol. The Hall–Kier alpha value is -2.16. The summed E-state index contributed by atoms with van der Waals surface area (Å²) in [5.41, 5.74) is 8.33. The number of hydrogen-bond donors (Lipinski definition) is 1. The molecule has 0 aliphatic rings. The van der Waals surface area contributed by atoms with E-state index in [9.17, 15) is 4.79 Å². The maximum atomic E-state index is 11.8. The van der Waals surface area contributed by atoms with Crippen LogP contribution in [-0.2, 0) is 17.6 Å². The van der Waals surface area contributed by atoms with Crippen LogP contribution >= 0.6 is 0 Å². The van der Waals surface area contributed by atoms with E-state index in [1.807, 2.05) is 42.5 Å². The summed E-state index contributed by atoms with van der Waals surface area (Å²) in [6.07, 6.45) is 3.42. The van der Waals surface area contributed by atoms with E-state index < -0.39 is 0 Å². The lowest BCUT2D eigenvalue weighted by atomic mass is 10.0. The van der Waals surface area contributed by atoms with Crippen molar-refractivity contribution in [2.45, 2.75) is 19.3 Å². The normalized spacial score (nSPS) is 10.2. The van der Waals surface area contributed by atoms with Crippen molar-refractivity contribution in [3.63, 3.8) is 0 Å². The van der Waals surface area contributed by atoms with Gasteiger partial charge in [-0.3, -0.25) is 9.78 Å². The van der Waals surface area contributed by atoms with Crippen LogP contribution in [0.25, 0.3) is 0 Å². The molecule has 0 atom stereocenters. The number of nitrogens with zero attached hydrogens (tertiary/aromatic N) is 1. The second-order valence-corrected chi connectivity index (χ2v) is 4.28. The largest absolute Gasteiger partial charge is 0.399 e. The minimum atomic E-state index is 0.213. The second kappa shape index (κ2) is 5.96. The minimum Gasteiger partial charge on any atom is -0.399 e. The van der Waals surface area contributed by atoms with Gasteiger partial charge >= 0.3 is 0 Å². The molecule has 2 aromatic rings. The molecule has 0 bridgehead atoms. The summed E-state index contributed by atoms with van der Waals surface area (Å²) in [6, 6.07) is 13.3. The minimum absolute atomic E-state index is 0.213. The Morgan fingerprint density at radius 2 is 1.89 bits per heavy atom. The van der Waals surface area contributed by atoms with Crippen molar-refractivity contribution in [3.8, 4) is 0 Å². The second-order valence-electron chi connectivity index (χ2n) is 4.28. The average Bonchev–Trinajstić information content (AvgIpc) is 2.39. The number of ketones is 1. The molecule has 0 radical (unpaired) electrons. The zero-order chi connectivity index (χ0) is 12.8. The van der Waals surface area contributed by atoms with Gasteiger partial charge in [-0.2, -0.15) is 0 Å². The lowest BCUT2D eigenvalue weighted by molar-refractivity contribution is -0.118.